The summed E-state index contributed by atoms with van der Waals surface area (Å²) in [6, 6.07) is 3.65. The molecule has 0 fully saturated rings. The molecule has 0 aromatic carbocycles. The Morgan fingerprint density at radius 2 is 2.35 bits per heavy atom. The topological polar surface area (TPSA) is 68.0 Å². The summed E-state index contributed by atoms with van der Waals surface area (Å²) in [5.41, 5.74) is 7.84. The molecule has 0 aliphatic heterocycles. The molecule has 1 amide bonds. The number of hydrogen-bond acceptors (Lipinski definition) is 4. The van der Waals surface area contributed by atoms with E-state index in [2.05, 4.69) is 10.3 Å². The number of anilines is 2. The number of amides is 1. The van der Waals surface area contributed by atoms with E-state index in [1.54, 1.807) is 12.3 Å². The Balaban J connectivity index is 2.20. The maximum Gasteiger partial charge on any atom is 0.266 e. The number of nitrogens with two attached hydrogens (primary N) is 1. The van der Waals surface area contributed by atoms with Gasteiger partial charge in [-0.15, -0.1) is 11.3 Å². The van der Waals surface area contributed by atoms with Crippen molar-refractivity contribution in [3.63, 3.8) is 0 Å². The summed E-state index contributed by atoms with van der Waals surface area (Å²) >= 11 is 1.44. The number of carbonyl (C=O) groups excluding carboxylic acids is 1. The molecule has 0 radical (unpaired) electrons. The molecular weight excluding hydrogens is 234 g/mol. The van der Waals surface area contributed by atoms with Gasteiger partial charge in [0.25, 0.3) is 5.91 Å². The molecule has 0 spiro atoms. The highest BCUT2D eigenvalue weighted by Crippen LogP contribution is 2.21. The number of nitrogen functional groups attached to an aromatic ring is 1. The van der Waals surface area contributed by atoms with Crippen molar-refractivity contribution in [1.82, 2.24) is 4.98 Å². The lowest BCUT2D eigenvalue weighted by Gasteiger charge is -2.07. The van der Waals surface area contributed by atoms with Gasteiger partial charge in [0.1, 0.15) is 0 Å². The van der Waals surface area contributed by atoms with Crippen LogP contribution in [0.4, 0.5) is 11.4 Å². The second kappa shape index (κ2) is 4.97. The van der Waals surface area contributed by atoms with E-state index in [0.717, 1.165) is 16.9 Å². The van der Waals surface area contributed by atoms with Crippen molar-refractivity contribution < 1.29 is 4.79 Å². The second-order valence-electron chi connectivity index (χ2n) is 3.55. The summed E-state index contributed by atoms with van der Waals surface area (Å²) in [5, 5.41) is 4.71. The Kier molecular flexibility index (Phi) is 3.39. The highest BCUT2D eigenvalue weighted by molar-refractivity contribution is 7.12. The first-order valence-corrected chi connectivity index (χ1v) is 6.17. The van der Waals surface area contributed by atoms with E-state index in [1.807, 2.05) is 18.4 Å². The molecule has 2 heterocycles. The van der Waals surface area contributed by atoms with Gasteiger partial charge in [0.05, 0.1) is 22.4 Å². The third-order valence-electron chi connectivity index (χ3n) is 2.43. The van der Waals surface area contributed by atoms with Crippen LogP contribution in [0.2, 0.25) is 0 Å². The number of rotatable bonds is 3. The highest BCUT2D eigenvalue weighted by Gasteiger charge is 2.13. The summed E-state index contributed by atoms with van der Waals surface area (Å²) < 4.78 is 0. The van der Waals surface area contributed by atoms with Gasteiger partial charge in [0, 0.05) is 6.20 Å². The molecule has 0 saturated heterocycles. The van der Waals surface area contributed by atoms with E-state index in [4.69, 9.17) is 5.73 Å². The standard InChI is InChI=1S/C12H13N3OS/c1-2-8-4-6-17-11(8)12(16)15-10-3-5-14-7-9(10)13/h3-7H,2,13H2,1H3,(H,14,15,16). The van der Waals surface area contributed by atoms with Gasteiger partial charge in [-0.05, 0) is 29.5 Å². The van der Waals surface area contributed by atoms with E-state index in [-0.39, 0.29) is 5.91 Å². The summed E-state index contributed by atoms with van der Waals surface area (Å²) in [5.74, 6) is -0.116. The lowest BCUT2D eigenvalue weighted by molar-refractivity contribution is 0.103. The van der Waals surface area contributed by atoms with Gasteiger partial charge in [-0.25, -0.2) is 0 Å². The molecule has 5 heteroatoms. The van der Waals surface area contributed by atoms with Crippen LogP contribution in [-0.4, -0.2) is 10.9 Å². The monoisotopic (exact) mass is 247 g/mol. The quantitative estimate of drug-likeness (QED) is 0.875. The first kappa shape index (κ1) is 11.6. The smallest absolute Gasteiger partial charge is 0.266 e. The molecule has 0 saturated carbocycles. The number of thiophene rings is 1. The minimum atomic E-state index is -0.116. The first-order valence-electron chi connectivity index (χ1n) is 5.29. The van der Waals surface area contributed by atoms with E-state index < -0.39 is 0 Å². The molecule has 0 bridgehead atoms. The lowest BCUT2D eigenvalue weighted by atomic mass is 10.2. The van der Waals surface area contributed by atoms with Crippen molar-refractivity contribution in [2.75, 3.05) is 11.1 Å². The third kappa shape index (κ3) is 2.45. The van der Waals surface area contributed by atoms with Gasteiger partial charge in [0.2, 0.25) is 0 Å². The number of nitrogens with zero attached hydrogens (tertiary/aromatic N) is 1. The van der Waals surface area contributed by atoms with Crippen molar-refractivity contribution in [3.8, 4) is 0 Å². The molecule has 2 aromatic rings. The predicted molar refractivity (Wildman–Crippen MR) is 70.3 cm³/mol. The van der Waals surface area contributed by atoms with E-state index >= 15 is 0 Å². The Hall–Kier alpha value is -1.88. The van der Waals surface area contributed by atoms with Gasteiger partial charge in [-0.2, -0.15) is 0 Å². The molecule has 4 nitrogen and oxygen atoms in total. The predicted octanol–water partition coefficient (Wildman–Crippen LogP) is 2.54. The minimum Gasteiger partial charge on any atom is -0.396 e. The first-order chi connectivity index (χ1) is 8.22. The van der Waals surface area contributed by atoms with Gasteiger partial charge in [0.15, 0.2) is 0 Å². The Bertz CT molecular complexity index is 536. The average molecular weight is 247 g/mol. The van der Waals surface area contributed by atoms with Crippen molar-refractivity contribution in [3.05, 3.63) is 40.3 Å². The molecule has 2 aromatic heterocycles. The highest BCUT2D eigenvalue weighted by atomic mass is 32.1. The van der Waals surface area contributed by atoms with Crippen molar-refractivity contribution >= 4 is 28.6 Å². The summed E-state index contributed by atoms with van der Waals surface area (Å²) in [4.78, 5) is 16.6. The van der Waals surface area contributed by atoms with E-state index in [9.17, 15) is 4.79 Å². The molecule has 0 aliphatic rings. The molecule has 17 heavy (non-hydrogen) atoms. The number of nitrogens with one attached hydrogen (secondary N) is 1. The Morgan fingerprint density at radius 1 is 1.53 bits per heavy atom. The molecule has 3 N–H and O–H groups in total. The summed E-state index contributed by atoms with van der Waals surface area (Å²) in [6.45, 7) is 2.03. The van der Waals surface area contributed by atoms with Gasteiger partial charge >= 0.3 is 0 Å². The minimum absolute atomic E-state index is 0.116. The summed E-state index contributed by atoms with van der Waals surface area (Å²) in [7, 11) is 0. The normalized spacial score (nSPS) is 10.2. The van der Waals surface area contributed by atoms with Crippen LogP contribution in [0.5, 0.6) is 0 Å². The lowest BCUT2D eigenvalue weighted by Crippen LogP contribution is -2.13. The average Bonchev–Trinajstić information content (AvgIpc) is 2.80. The molecule has 0 atom stereocenters. The molecule has 0 aliphatic carbocycles. The fourth-order valence-electron chi connectivity index (χ4n) is 1.51. The van der Waals surface area contributed by atoms with Crippen LogP contribution in [0.25, 0.3) is 0 Å². The number of hydrogen-bond donors (Lipinski definition) is 2. The van der Waals surface area contributed by atoms with Crippen LogP contribution in [0.3, 0.4) is 0 Å². The Morgan fingerprint density at radius 3 is 3.06 bits per heavy atom. The van der Waals surface area contributed by atoms with Crippen LogP contribution in [0, 0.1) is 0 Å². The number of aryl methyl sites for hydroxylation is 1. The number of aromatic nitrogens is 1. The Labute approximate surface area is 103 Å². The molecule has 0 unspecified atom stereocenters. The largest absolute Gasteiger partial charge is 0.396 e. The number of pyridine rings is 1. The fraction of sp³-hybridized carbons (Fsp3) is 0.167. The van der Waals surface area contributed by atoms with Crippen LogP contribution in [0.1, 0.15) is 22.2 Å². The van der Waals surface area contributed by atoms with Crippen LogP contribution in [0.15, 0.2) is 29.9 Å². The zero-order valence-corrected chi connectivity index (χ0v) is 10.3. The van der Waals surface area contributed by atoms with Crippen molar-refractivity contribution in [2.45, 2.75) is 13.3 Å². The molecular formula is C12H13N3OS. The van der Waals surface area contributed by atoms with Crippen LogP contribution < -0.4 is 11.1 Å². The number of carbonyl (C=O) groups is 1. The SMILES string of the molecule is CCc1ccsc1C(=O)Nc1ccncc1N. The molecule has 2 rings (SSSR count). The van der Waals surface area contributed by atoms with Gasteiger partial charge in [-0.1, -0.05) is 6.92 Å². The third-order valence-corrected chi connectivity index (χ3v) is 3.39. The van der Waals surface area contributed by atoms with Crippen molar-refractivity contribution in [1.29, 1.82) is 0 Å². The maximum atomic E-state index is 12.0. The second-order valence-corrected chi connectivity index (χ2v) is 4.46. The van der Waals surface area contributed by atoms with Crippen LogP contribution >= 0.6 is 11.3 Å². The zero-order valence-electron chi connectivity index (χ0n) is 9.43. The van der Waals surface area contributed by atoms with Gasteiger partial charge in [-0.3, -0.25) is 9.78 Å². The van der Waals surface area contributed by atoms with Gasteiger partial charge < -0.3 is 11.1 Å². The fourth-order valence-corrected chi connectivity index (χ4v) is 2.40. The maximum absolute atomic E-state index is 12.0. The van der Waals surface area contributed by atoms with Crippen molar-refractivity contribution in [2.24, 2.45) is 0 Å². The summed E-state index contributed by atoms with van der Waals surface area (Å²) in [6.07, 6.45) is 3.96. The molecule has 88 valence electrons. The van der Waals surface area contributed by atoms with E-state index in [1.165, 1.54) is 17.5 Å². The van der Waals surface area contributed by atoms with E-state index in [0.29, 0.717) is 11.4 Å². The zero-order chi connectivity index (χ0) is 12.3. The van der Waals surface area contributed by atoms with Crippen LogP contribution in [-0.2, 0) is 6.42 Å².